The molecule has 0 bridgehead atoms. The third-order valence-electron chi connectivity index (χ3n) is 3.21. The molecule has 76 valence electrons. The van der Waals surface area contributed by atoms with Crippen LogP contribution in [-0.2, 0) is 6.54 Å². The van der Waals surface area contributed by atoms with Gasteiger partial charge in [0.1, 0.15) is 0 Å². The molecule has 0 aromatic carbocycles. The number of rotatable bonds is 3. The fourth-order valence-corrected chi connectivity index (χ4v) is 2.27. The Morgan fingerprint density at radius 3 is 2.50 bits per heavy atom. The van der Waals surface area contributed by atoms with E-state index < -0.39 is 0 Å². The summed E-state index contributed by atoms with van der Waals surface area (Å²) in [6.07, 6.45) is 7.68. The highest BCUT2D eigenvalue weighted by atomic mass is 15.0. The molecule has 1 aromatic heterocycles. The molecule has 0 aliphatic heterocycles. The molecule has 0 fully saturated rings. The molecule has 2 rings (SSSR count). The minimum absolute atomic E-state index is 1.16. The van der Waals surface area contributed by atoms with Crippen molar-refractivity contribution in [2.45, 2.75) is 46.1 Å². The smallest absolute Gasteiger partial charge is 0.0261 e. The van der Waals surface area contributed by atoms with Crippen LogP contribution in [0.3, 0.4) is 0 Å². The van der Waals surface area contributed by atoms with Crippen LogP contribution in [0.5, 0.6) is 0 Å². The Balaban J connectivity index is 1.97. The van der Waals surface area contributed by atoms with Crippen molar-refractivity contribution in [3.05, 3.63) is 35.2 Å². The summed E-state index contributed by atoms with van der Waals surface area (Å²) in [6, 6.07) is 4.41. The maximum absolute atomic E-state index is 2.42. The number of nitrogens with zero attached hydrogens (tertiary/aromatic N) is 1. The number of aromatic nitrogens is 1. The van der Waals surface area contributed by atoms with E-state index in [0.29, 0.717) is 0 Å². The highest BCUT2D eigenvalue weighted by molar-refractivity contribution is 5.15. The van der Waals surface area contributed by atoms with Crippen molar-refractivity contribution < 1.29 is 0 Å². The van der Waals surface area contributed by atoms with Crippen LogP contribution in [0, 0.1) is 13.8 Å². The van der Waals surface area contributed by atoms with Crippen LogP contribution in [0.1, 0.15) is 37.1 Å². The van der Waals surface area contributed by atoms with Gasteiger partial charge in [-0.25, -0.2) is 0 Å². The van der Waals surface area contributed by atoms with E-state index in [9.17, 15) is 0 Å². The first kappa shape index (κ1) is 9.57. The van der Waals surface area contributed by atoms with Crippen molar-refractivity contribution in [2.24, 2.45) is 0 Å². The maximum atomic E-state index is 2.42. The van der Waals surface area contributed by atoms with Gasteiger partial charge < -0.3 is 4.57 Å². The summed E-state index contributed by atoms with van der Waals surface area (Å²) in [5.41, 5.74) is 4.44. The van der Waals surface area contributed by atoms with Gasteiger partial charge in [-0.3, -0.25) is 0 Å². The molecule has 0 radical (unpaired) electrons. The molecule has 0 unspecified atom stereocenters. The number of hydrogen-bond donors (Lipinski definition) is 0. The van der Waals surface area contributed by atoms with Crippen LogP contribution in [-0.4, -0.2) is 4.57 Å². The molecule has 0 N–H and O–H groups in total. The largest absolute Gasteiger partial charge is 0.349 e. The lowest BCUT2D eigenvalue weighted by Gasteiger charge is -2.09. The lowest BCUT2D eigenvalue weighted by atomic mass is 10.1. The van der Waals surface area contributed by atoms with E-state index in [2.05, 4.69) is 36.6 Å². The summed E-state index contributed by atoms with van der Waals surface area (Å²) >= 11 is 0. The molecule has 1 aliphatic rings. The van der Waals surface area contributed by atoms with Gasteiger partial charge in [-0.1, -0.05) is 11.6 Å². The molecule has 0 amide bonds. The van der Waals surface area contributed by atoms with E-state index in [-0.39, 0.29) is 0 Å². The van der Waals surface area contributed by atoms with Gasteiger partial charge in [0.15, 0.2) is 0 Å². The molecule has 1 heterocycles. The third-order valence-corrected chi connectivity index (χ3v) is 3.21. The second-order valence-corrected chi connectivity index (χ2v) is 4.27. The molecule has 0 saturated carbocycles. The SMILES string of the molecule is Cc1ccc(C)n1CCC1=CCCC1. The zero-order valence-corrected chi connectivity index (χ0v) is 9.21. The van der Waals surface area contributed by atoms with Crippen LogP contribution in [0.15, 0.2) is 23.8 Å². The molecular weight excluding hydrogens is 170 g/mol. The lowest BCUT2D eigenvalue weighted by molar-refractivity contribution is 0.651. The predicted octanol–water partition coefficient (Wildman–Crippen LogP) is 3.61. The normalized spacial score (nSPS) is 16.0. The van der Waals surface area contributed by atoms with Crippen molar-refractivity contribution >= 4 is 0 Å². The van der Waals surface area contributed by atoms with Crippen molar-refractivity contribution in [2.75, 3.05) is 0 Å². The van der Waals surface area contributed by atoms with Crippen LogP contribution in [0.25, 0.3) is 0 Å². The minimum Gasteiger partial charge on any atom is -0.349 e. The van der Waals surface area contributed by atoms with Gasteiger partial charge in [0.05, 0.1) is 0 Å². The number of aryl methyl sites for hydroxylation is 2. The predicted molar refractivity (Wildman–Crippen MR) is 60.5 cm³/mol. The molecule has 0 atom stereocenters. The topological polar surface area (TPSA) is 4.93 Å². The fourth-order valence-electron chi connectivity index (χ4n) is 2.27. The van der Waals surface area contributed by atoms with Gasteiger partial charge in [0, 0.05) is 17.9 Å². The zero-order valence-electron chi connectivity index (χ0n) is 9.21. The highest BCUT2D eigenvalue weighted by Gasteiger charge is 2.06. The first-order valence-corrected chi connectivity index (χ1v) is 5.58. The third kappa shape index (κ3) is 1.92. The van der Waals surface area contributed by atoms with Crippen molar-refractivity contribution in [3.8, 4) is 0 Å². The number of allylic oxidation sites excluding steroid dienone is 2. The summed E-state index contributed by atoms with van der Waals surface area (Å²) in [7, 11) is 0. The van der Waals surface area contributed by atoms with E-state index >= 15 is 0 Å². The zero-order chi connectivity index (χ0) is 9.97. The summed E-state index contributed by atoms with van der Waals surface area (Å²) in [5.74, 6) is 0. The van der Waals surface area contributed by atoms with Gasteiger partial charge in [-0.15, -0.1) is 0 Å². The quantitative estimate of drug-likeness (QED) is 0.640. The molecule has 0 spiro atoms. The maximum Gasteiger partial charge on any atom is 0.0261 e. The summed E-state index contributed by atoms with van der Waals surface area (Å²) < 4.78 is 2.42. The Morgan fingerprint density at radius 2 is 1.93 bits per heavy atom. The van der Waals surface area contributed by atoms with Gasteiger partial charge in [-0.05, 0) is 51.7 Å². The standard InChI is InChI=1S/C13H19N/c1-11-7-8-12(2)14(11)10-9-13-5-3-4-6-13/h5,7-8H,3-4,6,9-10H2,1-2H3. The Kier molecular flexibility index (Phi) is 2.76. The van der Waals surface area contributed by atoms with Crippen molar-refractivity contribution in [3.63, 3.8) is 0 Å². The second-order valence-electron chi connectivity index (χ2n) is 4.27. The van der Waals surface area contributed by atoms with Crippen LogP contribution in [0.4, 0.5) is 0 Å². The molecular formula is C13H19N. The molecule has 14 heavy (non-hydrogen) atoms. The monoisotopic (exact) mass is 189 g/mol. The Bertz CT molecular complexity index is 325. The first-order valence-electron chi connectivity index (χ1n) is 5.58. The van der Waals surface area contributed by atoms with Gasteiger partial charge in [0.2, 0.25) is 0 Å². The van der Waals surface area contributed by atoms with Crippen LogP contribution in [0.2, 0.25) is 0 Å². The van der Waals surface area contributed by atoms with E-state index in [1.54, 1.807) is 5.57 Å². The highest BCUT2D eigenvalue weighted by Crippen LogP contribution is 2.21. The van der Waals surface area contributed by atoms with Crippen molar-refractivity contribution in [1.82, 2.24) is 4.57 Å². The summed E-state index contributed by atoms with van der Waals surface area (Å²) in [6.45, 7) is 5.54. The second kappa shape index (κ2) is 4.04. The molecule has 1 aromatic rings. The van der Waals surface area contributed by atoms with Gasteiger partial charge >= 0.3 is 0 Å². The molecule has 1 nitrogen and oxygen atoms in total. The van der Waals surface area contributed by atoms with E-state index in [1.165, 1.54) is 37.1 Å². The Hall–Kier alpha value is -0.980. The summed E-state index contributed by atoms with van der Waals surface area (Å²) in [5, 5.41) is 0. The van der Waals surface area contributed by atoms with Gasteiger partial charge in [0.25, 0.3) is 0 Å². The van der Waals surface area contributed by atoms with E-state index in [1.807, 2.05) is 0 Å². The average Bonchev–Trinajstić information content (AvgIpc) is 2.76. The Labute approximate surface area is 86.4 Å². The lowest BCUT2D eigenvalue weighted by Crippen LogP contribution is -2.02. The molecule has 1 aliphatic carbocycles. The average molecular weight is 189 g/mol. The Morgan fingerprint density at radius 1 is 1.21 bits per heavy atom. The summed E-state index contributed by atoms with van der Waals surface area (Å²) in [4.78, 5) is 0. The van der Waals surface area contributed by atoms with Crippen LogP contribution >= 0.6 is 0 Å². The molecule has 1 heteroatoms. The fraction of sp³-hybridized carbons (Fsp3) is 0.538. The molecule has 0 saturated heterocycles. The first-order chi connectivity index (χ1) is 6.77. The van der Waals surface area contributed by atoms with Crippen LogP contribution < -0.4 is 0 Å². The van der Waals surface area contributed by atoms with E-state index in [4.69, 9.17) is 0 Å². The van der Waals surface area contributed by atoms with Gasteiger partial charge in [-0.2, -0.15) is 0 Å². The van der Waals surface area contributed by atoms with Crippen molar-refractivity contribution in [1.29, 1.82) is 0 Å². The minimum atomic E-state index is 1.16. The number of hydrogen-bond acceptors (Lipinski definition) is 0. The van der Waals surface area contributed by atoms with E-state index in [0.717, 1.165) is 6.54 Å².